The fourth-order valence-electron chi connectivity index (χ4n) is 1.40. The van der Waals surface area contributed by atoms with Crippen molar-refractivity contribution >= 4 is 21.8 Å². The van der Waals surface area contributed by atoms with Crippen molar-refractivity contribution in [2.75, 3.05) is 20.8 Å². The monoisotopic (exact) mass is 304 g/mol. The molecule has 0 saturated carbocycles. The molecule has 0 radical (unpaired) electrons. The molecule has 0 aliphatic heterocycles. The number of hydrogen-bond acceptors (Lipinski definition) is 4. The number of carbonyl (C=O) groups is 1. The fraction of sp³-hybridized carbons (Fsp3) is 0.545. The van der Waals surface area contributed by atoms with Crippen LogP contribution >= 0.6 is 15.9 Å². The second-order valence-electron chi connectivity index (χ2n) is 3.79. The molecule has 0 saturated heterocycles. The lowest BCUT2D eigenvalue weighted by Crippen LogP contribution is -2.41. The van der Waals surface area contributed by atoms with Crippen LogP contribution in [0.1, 0.15) is 12.2 Å². The molecule has 0 bridgehead atoms. The first kappa shape index (κ1) is 14.2. The smallest absolute Gasteiger partial charge is 0.239 e. The van der Waals surface area contributed by atoms with Gasteiger partial charge in [0.1, 0.15) is 5.76 Å². The van der Waals surface area contributed by atoms with Crippen LogP contribution in [-0.2, 0) is 16.1 Å². The van der Waals surface area contributed by atoms with Gasteiger partial charge in [-0.25, -0.2) is 0 Å². The van der Waals surface area contributed by atoms with Crippen LogP contribution in [0.5, 0.6) is 0 Å². The summed E-state index contributed by atoms with van der Waals surface area (Å²) in [6.07, 6.45) is 0.515. The molecule has 0 aliphatic carbocycles. The van der Waals surface area contributed by atoms with E-state index in [2.05, 4.69) is 15.9 Å². The SMILES string of the molecule is COCCC(N)C(=O)N(C)Cc1ccc(Br)o1. The highest BCUT2D eigenvalue weighted by Gasteiger charge is 2.18. The predicted octanol–water partition coefficient (Wildman–Crippen LogP) is 1.36. The molecule has 0 spiro atoms. The molecular weight excluding hydrogens is 288 g/mol. The third-order valence-electron chi connectivity index (χ3n) is 2.35. The van der Waals surface area contributed by atoms with Crippen LogP contribution in [0.4, 0.5) is 0 Å². The van der Waals surface area contributed by atoms with E-state index in [0.717, 1.165) is 0 Å². The first-order valence-electron chi connectivity index (χ1n) is 5.28. The Balaban J connectivity index is 2.46. The number of hydrogen-bond donors (Lipinski definition) is 1. The van der Waals surface area contributed by atoms with E-state index < -0.39 is 6.04 Å². The number of nitrogens with zero attached hydrogens (tertiary/aromatic N) is 1. The molecule has 1 aromatic heterocycles. The predicted molar refractivity (Wildman–Crippen MR) is 67.4 cm³/mol. The van der Waals surface area contributed by atoms with E-state index in [-0.39, 0.29) is 5.91 Å². The zero-order valence-electron chi connectivity index (χ0n) is 9.98. The van der Waals surface area contributed by atoms with E-state index in [9.17, 15) is 4.79 Å². The van der Waals surface area contributed by atoms with Gasteiger partial charge in [-0.05, 0) is 34.5 Å². The molecule has 1 heterocycles. The van der Waals surface area contributed by atoms with Crippen molar-refractivity contribution in [3.05, 3.63) is 22.6 Å². The highest BCUT2D eigenvalue weighted by molar-refractivity contribution is 9.10. The van der Waals surface area contributed by atoms with Crippen molar-refractivity contribution < 1.29 is 13.9 Å². The van der Waals surface area contributed by atoms with Crippen LogP contribution in [0.2, 0.25) is 0 Å². The Labute approximate surface area is 109 Å². The van der Waals surface area contributed by atoms with Gasteiger partial charge in [-0.3, -0.25) is 4.79 Å². The lowest BCUT2D eigenvalue weighted by atomic mass is 10.2. The van der Waals surface area contributed by atoms with Crippen LogP contribution < -0.4 is 5.73 Å². The van der Waals surface area contributed by atoms with Gasteiger partial charge in [0.2, 0.25) is 5.91 Å². The van der Waals surface area contributed by atoms with E-state index in [1.54, 1.807) is 25.1 Å². The van der Waals surface area contributed by atoms with Crippen LogP contribution in [-0.4, -0.2) is 37.6 Å². The van der Waals surface area contributed by atoms with Gasteiger partial charge in [0.05, 0.1) is 12.6 Å². The summed E-state index contributed by atoms with van der Waals surface area (Å²) < 4.78 is 10.9. The van der Waals surface area contributed by atoms with E-state index >= 15 is 0 Å². The van der Waals surface area contributed by atoms with Gasteiger partial charge >= 0.3 is 0 Å². The van der Waals surface area contributed by atoms with Gasteiger partial charge in [0.15, 0.2) is 4.67 Å². The molecule has 5 nitrogen and oxygen atoms in total. The summed E-state index contributed by atoms with van der Waals surface area (Å²) >= 11 is 3.21. The molecule has 1 unspecified atom stereocenters. The first-order chi connectivity index (χ1) is 8.04. The molecule has 0 aliphatic rings. The second kappa shape index (κ2) is 6.78. The first-order valence-corrected chi connectivity index (χ1v) is 6.07. The zero-order chi connectivity index (χ0) is 12.8. The van der Waals surface area contributed by atoms with E-state index in [1.165, 1.54) is 0 Å². The molecule has 17 heavy (non-hydrogen) atoms. The molecule has 6 heteroatoms. The Morgan fingerprint density at radius 2 is 2.35 bits per heavy atom. The largest absolute Gasteiger partial charge is 0.452 e. The molecule has 0 fully saturated rings. The number of likely N-dealkylation sites (N-methyl/N-ethyl adjacent to an activating group) is 1. The minimum atomic E-state index is -0.529. The number of carbonyl (C=O) groups excluding carboxylic acids is 1. The third kappa shape index (κ3) is 4.49. The van der Waals surface area contributed by atoms with E-state index in [4.69, 9.17) is 14.9 Å². The summed E-state index contributed by atoms with van der Waals surface area (Å²) in [5, 5.41) is 0. The van der Waals surface area contributed by atoms with Gasteiger partial charge < -0.3 is 19.8 Å². The minimum Gasteiger partial charge on any atom is -0.452 e. The zero-order valence-corrected chi connectivity index (χ0v) is 11.6. The van der Waals surface area contributed by atoms with Crippen molar-refractivity contribution in [3.8, 4) is 0 Å². The molecule has 96 valence electrons. The maximum absolute atomic E-state index is 11.9. The number of halogens is 1. The number of rotatable bonds is 6. The Bertz CT molecular complexity index is 367. The van der Waals surface area contributed by atoms with Gasteiger partial charge in [-0.1, -0.05) is 0 Å². The standard InChI is InChI=1S/C11H17BrN2O3/c1-14(7-8-3-4-10(12)17-8)11(15)9(13)5-6-16-2/h3-4,9H,5-7,13H2,1-2H3. The fourth-order valence-corrected chi connectivity index (χ4v) is 1.74. The van der Waals surface area contributed by atoms with Crippen LogP contribution in [0.3, 0.4) is 0 Å². The van der Waals surface area contributed by atoms with Gasteiger partial charge in [-0.2, -0.15) is 0 Å². The van der Waals surface area contributed by atoms with Crippen molar-refractivity contribution in [1.29, 1.82) is 0 Å². The Kier molecular flexibility index (Phi) is 5.67. The average Bonchev–Trinajstić information content (AvgIpc) is 2.70. The van der Waals surface area contributed by atoms with Gasteiger partial charge in [-0.15, -0.1) is 0 Å². The summed E-state index contributed by atoms with van der Waals surface area (Å²) in [5.74, 6) is 0.598. The molecule has 0 aromatic carbocycles. The number of amides is 1. The van der Waals surface area contributed by atoms with Crippen molar-refractivity contribution in [1.82, 2.24) is 4.90 Å². The normalized spacial score (nSPS) is 12.5. The molecule has 1 aromatic rings. The van der Waals surface area contributed by atoms with Crippen molar-refractivity contribution in [2.24, 2.45) is 5.73 Å². The molecule has 1 rings (SSSR count). The minimum absolute atomic E-state index is 0.116. The van der Waals surface area contributed by atoms with Crippen LogP contribution in [0.25, 0.3) is 0 Å². The molecule has 1 atom stereocenters. The maximum Gasteiger partial charge on any atom is 0.239 e. The van der Waals surface area contributed by atoms with Gasteiger partial charge in [0.25, 0.3) is 0 Å². The summed E-state index contributed by atoms with van der Waals surface area (Å²) in [4.78, 5) is 13.4. The summed E-state index contributed by atoms with van der Waals surface area (Å²) in [6, 6.07) is 3.07. The Morgan fingerprint density at radius 1 is 1.65 bits per heavy atom. The van der Waals surface area contributed by atoms with E-state index in [0.29, 0.717) is 30.0 Å². The van der Waals surface area contributed by atoms with Crippen molar-refractivity contribution in [2.45, 2.75) is 19.0 Å². The number of nitrogens with two attached hydrogens (primary N) is 1. The van der Waals surface area contributed by atoms with E-state index in [1.807, 2.05) is 6.07 Å². The highest BCUT2D eigenvalue weighted by Crippen LogP contribution is 2.15. The molecule has 2 N–H and O–H groups in total. The molecule has 1 amide bonds. The van der Waals surface area contributed by atoms with Crippen LogP contribution in [0, 0.1) is 0 Å². The van der Waals surface area contributed by atoms with Crippen LogP contribution in [0.15, 0.2) is 21.2 Å². The summed E-state index contributed by atoms with van der Waals surface area (Å²) in [5.41, 5.74) is 5.75. The van der Waals surface area contributed by atoms with Gasteiger partial charge in [0, 0.05) is 20.8 Å². The Hall–Kier alpha value is -0.850. The summed E-state index contributed by atoms with van der Waals surface area (Å²) in [7, 11) is 3.28. The number of methoxy groups -OCH3 is 1. The number of furan rings is 1. The number of ether oxygens (including phenoxy) is 1. The summed E-state index contributed by atoms with van der Waals surface area (Å²) in [6.45, 7) is 0.887. The lowest BCUT2D eigenvalue weighted by Gasteiger charge is -2.20. The second-order valence-corrected chi connectivity index (χ2v) is 4.57. The highest BCUT2D eigenvalue weighted by atomic mass is 79.9. The maximum atomic E-state index is 11.9. The Morgan fingerprint density at radius 3 is 2.88 bits per heavy atom. The van der Waals surface area contributed by atoms with Crippen molar-refractivity contribution in [3.63, 3.8) is 0 Å². The average molecular weight is 305 g/mol. The molecular formula is C11H17BrN2O3. The quantitative estimate of drug-likeness (QED) is 0.862. The third-order valence-corrected chi connectivity index (χ3v) is 2.77. The lowest BCUT2D eigenvalue weighted by molar-refractivity contribution is -0.132. The topological polar surface area (TPSA) is 68.7 Å².